The molecule has 0 bridgehead atoms. The standard InChI is InChI=1S/C24H25N3O3S2/c1-26(2)32(29,30)19-10-7-9-18(17-19)24(28)25-15-8-16-27-20-11-3-5-13-22(20)31-23-14-6-4-12-21(23)27/h3-7,9-14,17H,8,15-16H2,1-2H3,(H,25,28). The van der Waals surface area contributed by atoms with Gasteiger partial charge >= 0.3 is 0 Å². The molecule has 166 valence electrons. The summed E-state index contributed by atoms with van der Waals surface area (Å²) >= 11 is 1.77. The second-order valence-corrected chi connectivity index (χ2v) is 10.8. The molecule has 1 amide bonds. The number of rotatable bonds is 7. The van der Waals surface area contributed by atoms with E-state index in [0.29, 0.717) is 12.1 Å². The maximum Gasteiger partial charge on any atom is 0.251 e. The maximum absolute atomic E-state index is 12.6. The Hall–Kier alpha value is -2.81. The molecule has 1 aliphatic heterocycles. The molecule has 4 rings (SSSR count). The highest BCUT2D eigenvalue weighted by atomic mass is 32.2. The molecule has 0 atom stereocenters. The first-order chi connectivity index (χ1) is 15.4. The Kier molecular flexibility index (Phi) is 6.55. The highest BCUT2D eigenvalue weighted by Crippen LogP contribution is 2.47. The smallest absolute Gasteiger partial charge is 0.251 e. The molecular weight excluding hydrogens is 442 g/mol. The summed E-state index contributed by atoms with van der Waals surface area (Å²) in [5.74, 6) is -0.282. The predicted octanol–water partition coefficient (Wildman–Crippen LogP) is 4.36. The van der Waals surface area contributed by atoms with Crippen LogP contribution in [0, 0.1) is 0 Å². The number of hydrogen-bond acceptors (Lipinski definition) is 5. The zero-order chi connectivity index (χ0) is 22.7. The van der Waals surface area contributed by atoms with Crippen molar-refractivity contribution in [2.45, 2.75) is 21.1 Å². The first kappa shape index (κ1) is 22.4. The van der Waals surface area contributed by atoms with Gasteiger partial charge in [-0.15, -0.1) is 0 Å². The van der Waals surface area contributed by atoms with Crippen molar-refractivity contribution in [3.63, 3.8) is 0 Å². The Morgan fingerprint density at radius 3 is 2.19 bits per heavy atom. The summed E-state index contributed by atoms with van der Waals surface area (Å²) in [6.07, 6.45) is 0.745. The zero-order valence-electron chi connectivity index (χ0n) is 18.0. The van der Waals surface area contributed by atoms with Crippen LogP contribution in [0.4, 0.5) is 11.4 Å². The molecule has 32 heavy (non-hydrogen) atoms. The number of hydrogen-bond donors (Lipinski definition) is 1. The molecule has 1 N–H and O–H groups in total. The third-order valence-electron chi connectivity index (χ3n) is 5.25. The fourth-order valence-electron chi connectivity index (χ4n) is 3.57. The Bertz CT molecular complexity index is 1200. The van der Waals surface area contributed by atoms with Crippen LogP contribution >= 0.6 is 11.8 Å². The number of sulfonamides is 1. The highest BCUT2D eigenvalue weighted by Gasteiger charge is 2.22. The molecule has 6 nitrogen and oxygen atoms in total. The van der Waals surface area contributed by atoms with Gasteiger partial charge in [0.15, 0.2) is 0 Å². The molecule has 0 aromatic heterocycles. The van der Waals surface area contributed by atoms with Gasteiger partial charge in [-0.1, -0.05) is 42.1 Å². The zero-order valence-corrected chi connectivity index (χ0v) is 19.6. The van der Waals surface area contributed by atoms with Crippen LogP contribution in [0.25, 0.3) is 0 Å². The third kappa shape index (κ3) is 4.53. The second-order valence-electron chi connectivity index (χ2n) is 7.61. The van der Waals surface area contributed by atoms with Gasteiger partial charge < -0.3 is 10.2 Å². The van der Waals surface area contributed by atoms with Crippen molar-refractivity contribution < 1.29 is 13.2 Å². The van der Waals surface area contributed by atoms with Crippen molar-refractivity contribution in [1.82, 2.24) is 9.62 Å². The van der Waals surface area contributed by atoms with Gasteiger partial charge in [0, 0.05) is 42.5 Å². The van der Waals surface area contributed by atoms with Crippen LogP contribution < -0.4 is 10.2 Å². The van der Waals surface area contributed by atoms with E-state index in [1.165, 1.54) is 47.4 Å². The molecule has 0 aliphatic carbocycles. The van der Waals surface area contributed by atoms with E-state index in [1.807, 2.05) is 24.3 Å². The van der Waals surface area contributed by atoms with E-state index in [4.69, 9.17) is 0 Å². The van der Waals surface area contributed by atoms with Gasteiger partial charge in [-0.3, -0.25) is 4.79 Å². The van der Waals surface area contributed by atoms with Crippen LogP contribution in [0.1, 0.15) is 16.8 Å². The van der Waals surface area contributed by atoms with E-state index in [-0.39, 0.29) is 10.8 Å². The summed E-state index contributed by atoms with van der Waals surface area (Å²) in [5.41, 5.74) is 2.67. The molecule has 1 aliphatic rings. The van der Waals surface area contributed by atoms with E-state index < -0.39 is 10.0 Å². The van der Waals surface area contributed by atoms with Gasteiger partial charge in [0.25, 0.3) is 5.91 Å². The highest BCUT2D eigenvalue weighted by molar-refractivity contribution is 7.99. The molecular formula is C24H25N3O3S2. The summed E-state index contributed by atoms with van der Waals surface area (Å²) in [5, 5.41) is 2.92. The molecule has 0 saturated carbocycles. The van der Waals surface area contributed by atoms with Crippen molar-refractivity contribution in [2.24, 2.45) is 0 Å². The molecule has 0 spiro atoms. The van der Waals surface area contributed by atoms with E-state index in [0.717, 1.165) is 17.3 Å². The largest absolute Gasteiger partial charge is 0.352 e. The van der Waals surface area contributed by atoms with E-state index >= 15 is 0 Å². The minimum absolute atomic E-state index is 0.106. The fourth-order valence-corrected chi connectivity index (χ4v) is 5.62. The Balaban J connectivity index is 1.41. The van der Waals surface area contributed by atoms with Crippen molar-refractivity contribution >= 4 is 39.1 Å². The normalized spacial score (nSPS) is 12.9. The van der Waals surface area contributed by atoms with Gasteiger partial charge in [0.2, 0.25) is 10.0 Å². The number of nitrogens with one attached hydrogen (secondary N) is 1. The van der Waals surface area contributed by atoms with Crippen LogP contribution in [0.3, 0.4) is 0 Å². The lowest BCUT2D eigenvalue weighted by atomic mass is 10.2. The van der Waals surface area contributed by atoms with Crippen LogP contribution in [0.5, 0.6) is 0 Å². The van der Waals surface area contributed by atoms with Crippen molar-refractivity contribution in [3.8, 4) is 0 Å². The van der Waals surface area contributed by atoms with Crippen LogP contribution in [-0.4, -0.2) is 45.8 Å². The summed E-state index contributed by atoms with van der Waals surface area (Å²) in [6.45, 7) is 1.24. The first-order valence-electron chi connectivity index (χ1n) is 10.3. The van der Waals surface area contributed by atoms with Crippen LogP contribution in [0.15, 0.2) is 87.5 Å². The van der Waals surface area contributed by atoms with E-state index in [9.17, 15) is 13.2 Å². The van der Waals surface area contributed by atoms with E-state index in [2.05, 4.69) is 34.5 Å². The number of para-hydroxylation sites is 2. The molecule has 0 fully saturated rings. The summed E-state index contributed by atoms with van der Waals surface area (Å²) < 4.78 is 25.8. The Labute approximate surface area is 193 Å². The van der Waals surface area contributed by atoms with Gasteiger partial charge in [0.1, 0.15) is 0 Å². The van der Waals surface area contributed by atoms with Crippen LogP contribution in [0.2, 0.25) is 0 Å². The number of benzene rings is 3. The number of nitrogens with zero attached hydrogens (tertiary/aromatic N) is 2. The number of anilines is 2. The maximum atomic E-state index is 12.6. The van der Waals surface area contributed by atoms with Gasteiger partial charge in [-0.05, 0) is 48.9 Å². The molecule has 0 saturated heterocycles. The molecule has 3 aromatic rings. The summed E-state index contributed by atoms with van der Waals surface area (Å²) in [7, 11) is -0.645. The first-order valence-corrected chi connectivity index (χ1v) is 12.6. The Morgan fingerprint density at radius 1 is 0.938 bits per heavy atom. The monoisotopic (exact) mass is 467 g/mol. The molecule has 1 heterocycles. The van der Waals surface area contributed by atoms with E-state index in [1.54, 1.807) is 23.9 Å². The lowest BCUT2D eigenvalue weighted by molar-refractivity contribution is 0.0953. The third-order valence-corrected chi connectivity index (χ3v) is 8.19. The molecule has 0 radical (unpaired) electrons. The SMILES string of the molecule is CN(C)S(=O)(=O)c1cccc(C(=O)NCCCN2c3ccccc3Sc3ccccc32)c1. The number of amides is 1. The molecule has 0 unspecified atom stereocenters. The lowest BCUT2D eigenvalue weighted by Gasteiger charge is -2.32. The van der Waals surface area contributed by atoms with Crippen molar-refractivity contribution in [2.75, 3.05) is 32.1 Å². The summed E-state index contributed by atoms with van der Waals surface area (Å²) in [6, 6.07) is 22.8. The topological polar surface area (TPSA) is 69.7 Å². The van der Waals surface area contributed by atoms with Gasteiger partial charge in [-0.25, -0.2) is 12.7 Å². The number of fused-ring (bicyclic) bond motifs is 2. The average molecular weight is 468 g/mol. The second kappa shape index (κ2) is 9.36. The fraction of sp³-hybridized carbons (Fsp3) is 0.208. The van der Waals surface area contributed by atoms with Crippen molar-refractivity contribution in [3.05, 3.63) is 78.4 Å². The van der Waals surface area contributed by atoms with Crippen molar-refractivity contribution in [1.29, 1.82) is 0 Å². The lowest BCUT2D eigenvalue weighted by Crippen LogP contribution is -2.29. The average Bonchev–Trinajstić information content (AvgIpc) is 2.81. The van der Waals surface area contributed by atoms with Crippen LogP contribution in [-0.2, 0) is 10.0 Å². The minimum Gasteiger partial charge on any atom is -0.352 e. The predicted molar refractivity (Wildman–Crippen MR) is 128 cm³/mol. The minimum atomic E-state index is -3.58. The summed E-state index contributed by atoms with van der Waals surface area (Å²) in [4.78, 5) is 17.4. The Morgan fingerprint density at radius 2 is 1.56 bits per heavy atom. The molecule has 3 aromatic carbocycles. The van der Waals surface area contributed by atoms with Gasteiger partial charge in [-0.2, -0.15) is 0 Å². The number of carbonyl (C=O) groups excluding carboxylic acids is 1. The molecule has 8 heteroatoms. The van der Waals surface area contributed by atoms with Gasteiger partial charge in [0.05, 0.1) is 16.3 Å². The quantitative estimate of drug-likeness (QED) is 0.523. The number of carbonyl (C=O) groups is 1.